The second kappa shape index (κ2) is 4.35. The van der Waals surface area contributed by atoms with E-state index in [9.17, 15) is 0 Å². The molecule has 0 aromatic heterocycles. The van der Waals surface area contributed by atoms with Gasteiger partial charge in [-0.1, -0.05) is 34.8 Å². The summed E-state index contributed by atoms with van der Waals surface area (Å²) in [6.45, 7) is 0. The molecule has 0 atom stereocenters. The van der Waals surface area contributed by atoms with Crippen LogP contribution in [-0.2, 0) is 0 Å². The lowest BCUT2D eigenvalue weighted by Gasteiger charge is -2.15. The predicted molar refractivity (Wildman–Crippen MR) is 61.9 cm³/mol. The van der Waals surface area contributed by atoms with E-state index in [-0.39, 0.29) is 0 Å². The quantitative estimate of drug-likeness (QED) is 0.772. The number of ether oxygens (including phenoxy) is 1. The fourth-order valence-corrected chi connectivity index (χ4v) is 2.98. The highest BCUT2D eigenvalue weighted by molar-refractivity contribution is 9.10. The predicted octanol–water partition coefficient (Wildman–Crippen LogP) is 4.12. The van der Waals surface area contributed by atoms with Gasteiger partial charge in [0.1, 0.15) is 5.75 Å². The fraction of sp³-hybridized carbons (Fsp3) is 0.500. The third-order valence-corrected chi connectivity index (χ3v) is 3.69. The molecule has 0 heterocycles. The van der Waals surface area contributed by atoms with Gasteiger partial charge in [0.25, 0.3) is 0 Å². The van der Waals surface area contributed by atoms with Gasteiger partial charge in [0.05, 0.1) is 7.11 Å². The Morgan fingerprint density at radius 2 is 2.00 bits per heavy atom. The van der Waals surface area contributed by atoms with Gasteiger partial charge in [-0.3, -0.25) is 0 Å². The Hall–Kier alpha value is -0.500. The maximum atomic E-state index is 5.41. The second-order valence-corrected chi connectivity index (χ2v) is 4.69. The van der Waals surface area contributed by atoms with E-state index in [0.29, 0.717) is 5.92 Å². The van der Waals surface area contributed by atoms with Gasteiger partial charge < -0.3 is 4.74 Å². The van der Waals surface area contributed by atoms with E-state index in [1.807, 2.05) is 6.07 Å². The van der Waals surface area contributed by atoms with Crippen molar-refractivity contribution in [2.45, 2.75) is 31.6 Å². The van der Waals surface area contributed by atoms with Crippen LogP contribution in [0.25, 0.3) is 0 Å². The van der Waals surface area contributed by atoms with Crippen molar-refractivity contribution < 1.29 is 4.74 Å². The lowest BCUT2D eigenvalue weighted by atomic mass is 9.97. The summed E-state index contributed by atoms with van der Waals surface area (Å²) in [6, 6.07) is 6.19. The molecule has 1 aromatic rings. The monoisotopic (exact) mass is 254 g/mol. The zero-order valence-corrected chi connectivity index (χ0v) is 10.0. The molecule has 1 fully saturated rings. The summed E-state index contributed by atoms with van der Waals surface area (Å²) in [6.07, 6.45) is 5.32. The molecule has 0 bridgehead atoms. The first-order valence-electron chi connectivity index (χ1n) is 5.15. The van der Waals surface area contributed by atoms with Crippen LogP contribution in [0.5, 0.6) is 5.75 Å². The van der Waals surface area contributed by atoms with E-state index in [1.54, 1.807) is 7.11 Å². The lowest BCUT2D eigenvalue weighted by Crippen LogP contribution is -1.98. The molecule has 76 valence electrons. The van der Waals surface area contributed by atoms with Crippen molar-refractivity contribution in [3.05, 3.63) is 28.2 Å². The molecule has 2 rings (SSSR count). The van der Waals surface area contributed by atoms with E-state index in [0.717, 1.165) is 5.75 Å². The Balaban J connectivity index is 2.37. The Morgan fingerprint density at radius 1 is 1.29 bits per heavy atom. The molecule has 0 unspecified atom stereocenters. The van der Waals surface area contributed by atoms with Gasteiger partial charge in [-0.15, -0.1) is 0 Å². The minimum atomic E-state index is 0.695. The van der Waals surface area contributed by atoms with Crippen LogP contribution in [0.2, 0.25) is 0 Å². The number of benzene rings is 1. The largest absolute Gasteiger partial charge is 0.496 e. The lowest BCUT2D eigenvalue weighted by molar-refractivity contribution is 0.405. The average Bonchev–Trinajstić information content (AvgIpc) is 2.70. The number of hydrogen-bond acceptors (Lipinski definition) is 1. The Morgan fingerprint density at radius 3 is 2.64 bits per heavy atom. The normalized spacial score (nSPS) is 17.3. The maximum Gasteiger partial charge on any atom is 0.123 e. The summed E-state index contributed by atoms with van der Waals surface area (Å²) >= 11 is 3.62. The van der Waals surface area contributed by atoms with Crippen molar-refractivity contribution in [3.8, 4) is 5.75 Å². The van der Waals surface area contributed by atoms with Crippen LogP contribution in [0, 0.1) is 0 Å². The number of hydrogen-bond donors (Lipinski definition) is 0. The van der Waals surface area contributed by atoms with Crippen molar-refractivity contribution >= 4 is 15.9 Å². The van der Waals surface area contributed by atoms with Gasteiger partial charge in [-0.05, 0) is 30.9 Å². The van der Waals surface area contributed by atoms with Gasteiger partial charge in [0.15, 0.2) is 0 Å². The Kier molecular flexibility index (Phi) is 3.12. The van der Waals surface area contributed by atoms with E-state index < -0.39 is 0 Å². The standard InChI is InChI=1S/C12H15BrO/c1-14-11-8-4-7-10(13)12(11)9-5-2-3-6-9/h4,7-9H,2-3,5-6H2,1H3. The number of rotatable bonds is 2. The molecule has 0 N–H and O–H groups in total. The van der Waals surface area contributed by atoms with Gasteiger partial charge in [-0.25, -0.2) is 0 Å². The van der Waals surface area contributed by atoms with E-state index >= 15 is 0 Å². The highest BCUT2D eigenvalue weighted by atomic mass is 79.9. The van der Waals surface area contributed by atoms with Crippen molar-refractivity contribution in [2.75, 3.05) is 7.11 Å². The average molecular weight is 255 g/mol. The molecule has 1 aliphatic rings. The van der Waals surface area contributed by atoms with Crippen molar-refractivity contribution in [3.63, 3.8) is 0 Å². The van der Waals surface area contributed by atoms with Crippen LogP contribution in [0.15, 0.2) is 22.7 Å². The van der Waals surface area contributed by atoms with Gasteiger partial charge in [-0.2, -0.15) is 0 Å². The summed E-state index contributed by atoms with van der Waals surface area (Å²) < 4.78 is 6.61. The van der Waals surface area contributed by atoms with Crippen molar-refractivity contribution in [2.24, 2.45) is 0 Å². The minimum absolute atomic E-state index is 0.695. The van der Waals surface area contributed by atoms with Crippen molar-refractivity contribution in [1.82, 2.24) is 0 Å². The summed E-state index contributed by atoms with van der Waals surface area (Å²) in [5, 5.41) is 0. The van der Waals surface area contributed by atoms with Gasteiger partial charge in [0, 0.05) is 10.0 Å². The molecule has 1 saturated carbocycles. The zero-order chi connectivity index (χ0) is 9.97. The molecule has 0 radical (unpaired) electrons. The third-order valence-electron chi connectivity index (χ3n) is 3.00. The summed E-state index contributed by atoms with van der Waals surface area (Å²) in [7, 11) is 1.75. The second-order valence-electron chi connectivity index (χ2n) is 3.84. The summed E-state index contributed by atoms with van der Waals surface area (Å²) in [4.78, 5) is 0. The molecule has 2 heteroatoms. The van der Waals surface area contributed by atoms with Gasteiger partial charge in [0.2, 0.25) is 0 Å². The molecule has 0 saturated heterocycles. The summed E-state index contributed by atoms with van der Waals surface area (Å²) in [5.74, 6) is 1.73. The van der Waals surface area contributed by atoms with Crippen molar-refractivity contribution in [1.29, 1.82) is 0 Å². The zero-order valence-electron chi connectivity index (χ0n) is 8.42. The maximum absolute atomic E-state index is 5.41. The SMILES string of the molecule is COc1cccc(Br)c1C1CCCC1. The molecule has 0 aliphatic heterocycles. The van der Waals surface area contributed by atoms with E-state index in [2.05, 4.69) is 28.1 Å². The third kappa shape index (κ3) is 1.81. The van der Waals surface area contributed by atoms with Crippen LogP contribution in [0.4, 0.5) is 0 Å². The first-order chi connectivity index (χ1) is 6.83. The fourth-order valence-electron chi connectivity index (χ4n) is 2.31. The smallest absolute Gasteiger partial charge is 0.123 e. The molecule has 0 amide bonds. The molecular weight excluding hydrogens is 240 g/mol. The van der Waals surface area contributed by atoms with Crippen LogP contribution in [-0.4, -0.2) is 7.11 Å². The summed E-state index contributed by atoms with van der Waals surface area (Å²) in [5.41, 5.74) is 1.37. The Labute approximate surface area is 93.6 Å². The number of halogens is 1. The Bertz CT molecular complexity index is 316. The van der Waals surface area contributed by atoms with Crippen LogP contribution >= 0.6 is 15.9 Å². The van der Waals surface area contributed by atoms with Crippen LogP contribution in [0.1, 0.15) is 37.2 Å². The van der Waals surface area contributed by atoms with E-state index in [1.165, 1.54) is 35.7 Å². The van der Waals surface area contributed by atoms with Crippen LogP contribution < -0.4 is 4.74 Å². The van der Waals surface area contributed by atoms with Gasteiger partial charge >= 0.3 is 0 Å². The highest BCUT2D eigenvalue weighted by Crippen LogP contribution is 2.42. The molecule has 14 heavy (non-hydrogen) atoms. The number of methoxy groups -OCH3 is 1. The van der Waals surface area contributed by atoms with E-state index in [4.69, 9.17) is 4.74 Å². The highest BCUT2D eigenvalue weighted by Gasteiger charge is 2.22. The first-order valence-corrected chi connectivity index (χ1v) is 5.94. The minimum Gasteiger partial charge on any atom is -0.496 e. The van der Waals surface area contributed by atoms with Crippen LogP contribution in [0.3, 0.4) is 0 Å². The first kappa shape index (κ1) is 10.0. The molecule has 0 spiro atoms. The molecule has 1 nitrogen and oxygen atoms in total. The topological polar surface area (TPSA) is 9.23 Å². The molecular formula is C12H15BrO. The molecule has 1 aromatic carbocycles. The molecule has 1 aliphatic carbocycles.